The van der Waals surface area contributed by atoms with Crippen molar-refractivity contribution in [2.75, 3.05) is 26.8 Å². The summed E-state index contributed by atoms with van der Waals surface area (Å²) in [6.07, 6.45) is 3.51. The van der Waals surface area contributed by atoms with Crippen molar-refractivity contribution in [2.45, 2.75) is 46.1 Å². The molecule has 0 aliphatic carbocycles. The van der Waals surface area contributed by atoms with E-state index in [1.54, 1.807) is 7.11 Å². The monoisotopic (exact) mass is 246 g/mol. The molecular weight excluding hydrogens is 220 g/mol. The Hall–Kier alpha value is -0.350. The summed E-state index contributed by atoms with van der Waals surface area (Å²) in [6.45, 7) is 9.15. The van der Waals surface area contributed by atoms with Crippen molar-refractivity contribution >= 4 is 17.3 Å². The fourth-order valence-corrected chi connectivity index (χ4v) is 1.81. The van der Waals surface area contributed by atoms with Crippen molar-refractivity contribution < 1.29 is 4.74 Å². The number of hydrogen-bond acceptors (Lipinski definition) is 2. The summed E-state index contributed by atoms with van der Waals surface area (Å²) in [6, 6.07) is 0.508. The fourth-order valence-electron chi connectivity index (χ4n) is 1.43. The van der Waals surface area contributed by atoms with Crippen molar-refractivity contribution in [1.29, 1.82) is 0 Å². The first-order valence-corrected chi connectivity index (χ1v) is 6.61. The van der Waals surface area contributed by atoms with Crippen LogP contribution in [0.3, 0.4) is 0 Å². The van der Waals surface area contributed by atoms with Crippen molar-refractivity contribution in [2.24, 2.45) is 0 Å². The molecule has 0 aromatic rings. The lowest BCUT2D eigenvalue weighted by molar-refractivity contribution is 0.202. The first-order valence-electron chi connectivity index (χ1n) is 6.20. The maximum atomic E-state index is 5.40. The highest BCUT2D eigenvalue weighted by Crippen LogP contribution is 2.06. The molecule has 0 amide bonds. The Morgan fingerprint density at radius 1 is 1.44 bits per heavy atom. The van der Waals surface area contributed by atoms with E-state index in [0.29, 0.717) is 12.6 Å². The van der Waals surface area contributed by atoms with Crippen molar-refractivity contribution in [3.05, 3.63) is 0 Å². The summed E-state index contributed by atoms with van der Waals surface area (Å²) in [5, 5.41) is 4.10. The molecule has 0 aliphatic rings. The quantitative estimate of drug-likeness (QED) is 0.525. The molecular formula is C12H26N2OS. The number of methoxy groups -OCH3 is 1. The van der Waals surface area contributed by atoms with Gasteiger partial charge in [-0.15, -0.1) is 0 Å². The van der Waals surface area contributed by atoms with E-state index < -0.39 is 0 Å². The van der Waals surface area contributed by atoms with Gasteiger partial charge in [0.25, 0.3) is 0 Å². The molecule has 96 valence electrons. The molecule has 4 heteroatoms. The van der Waals surface area contributed by atoms with Crippen molar-refractivity contribution in [3.8, 4) is 0 Å². The second-order valence-electron chi connectivity index (χ2n) is 4.03. The summed E-state index contributed by atoms with van der Waals surface area (Å²) in [5.74, 6) is 0. The van der Waals surface area contributed by atoms with E-state index >= 15 is 0 Å². The minimum Gasteiger partial charge on any atom is -0.383 e. The van der Waals surface area contributed by atoms with E-state index in [1.807, 2.05) is 0 Å². The van der Waals surface area contributed by atoms with Crippen LogP contribution in [0.15, 0.2) is 0 Å². The third-order valence-electron chi connectivity index (χ3n) is 2.72. The normalized spacial score (nSPS) is 12.2. The van der Waals surface area contributed by atoms with Crippen LogP contribution in [0.2, 0.25) is 0 Å². The van der Waals surface area contributed by atoms with E-state index in [2.05, 4.69) is 31.0 Å². The van der Waals surface area contributed by atoms with E-state index in [-0.39, 0.29) is 0 Å². The number of ether oxygens (including phenoxy) is 1. The summed E-state index contributed by atoms with van der Waals surface area (Å²) in [5.41, 5.74) is 0. The van der Waals surface area contributed by atoms with Crippen LogP contribution in [0.5, 0.6) is 0 Å². The lowest BCUT2D eigenvalue weighted by Gasteiger charge is -2.31. The topological polar surface area (TPSA) is 24.5 Å². The van der Waals surface area contributed by atoms with Gasteiger partial charge in [-0.3, -0.25) is 0 Å². The zero-order valence-corrected chi connectivity index (χ0v) is 11.9. The molecule has 0 aromatic heterocycles. The fraction of sp³-hybridized carbons (Fsp3) is 0.917. The van der Waals surface area contributed by atoms with Gasteiger partial charge < -0.3 is 15.0 Å². The molecule has 0 saturated heterocycles. The molecule has 16 heavy (non-hydrogen) atoms. The maximum Gasteiger partial charge on any atom is 0.169 e. The lowest BCUT2D eigenvalue weighted by Crippen LogP contribution is -2.45. The molecule has 0 heterocycles. The molecule has 0 spiro atoms. The predicted octanol–water partition coefficient (Wildman–Crippen LogP) is 2.41. The van der Waals surface area contributed by atoms with Crippen LogP contribution in [-0.4, -0.2) is 42.9 Å². The number of unbranched alkanes of at least 4 members (excludes halogenated alkanes) is 1. The van der Waals surface area contributed by atoms with Crippen molar-refractivity contribution in [3.63, 3.8) is 0 Å². The van der Waals surface area contributed by atoms with Crippen LogP contribution in [0.25, 0.3) is 0 Å². The molecule has 0 aromatic carbocycles. The van der Waals surface area contributed by atoms with Crippen molar-refractivity contribution in [1.82, 2.24) is 10.2 Å². The van der Waals surface area contributed by atoms with E-state index in [0.717, 1.165) is 24.6 Å². The largest absolute Gasteiger partial charge is 0.383 e. The van der Waals surface area contributed by atoms with E-state index in [1.165, 1.54) is 12.8 Å². The van der Waals surface area contributed by atoms with Gasteiger partial charge in [-0.2, -0.15) is 0 Å². The number of nitrogens with zero attached hydrogens (tertiary/aromatic N) is 1. The van der Waals surface area contributed by atoms with Gasteiger partial charge in [-0.25, -0.2) is 0 Å². The molecule has 0 fully saturated rings. The first-order chi connectivity index (χ1) is 7.67. The molecule has 1 unspecified atom stereocenters. The van der Waals surface area contributed by atoms with Crippen LogP contribution in [-0.2, 0) is 4.74 Å². The second kappa shape index (κ2) is 9.85. The van der Waals surface area contributed by atoms with Gasteiger partial charge in [0.15, 0.2) is 5.11 Å². The Morgan fingerprint density at radius 2 is 2.12 bits per heavy atom. The predicted molar refractivity (Wildman–Crippen MR) is 73.8 cm³/mol. The number of nitrogens with one attached hydrogen (secondary N) is 1. The zero-order chi connectivity index (χ0) is 12.4. The molecule has 1 atom stereocenters. The Morgan fingerprint density at radius 3 is 2.62 bits per heavy atom. The Balaban J connectivity index is 4.09. The highest BCUT2D eigenvalue weighted by atomic mass is 32.1. The Bertz CT molecular complexity index is 188. The minimum absolute atomic E-state index is 0.508. The molecule has 0 saturated carbocycles. The minimum atomic E-state index is 0.508. The highest BCUT2D eigenvalue weighted by Gasteiger charge is 2.14. The van der Waals surface area contributed by atoms with Gasteiger partial charge in [-0.05, 0) is 32.0 Å². The van der Waals surface area contributed by atoms with Crippen LogP contribution < -0.4 is 5.32 Å². The van der Waals surface area contributed by atoms with E-state index in [9.17, 15) is 0 Å². The van der Waals surface area contributed by atoms with Gasteiger partial charge in [0, 0.05) is 26.2 Å². The number of hydrogen-bond donors (Lipinski definition) is 1. The van der Waals surface area contributed by atoms with Crippen LogP contribution in [0.1, 0.15) is 40.0 Å². The smallest absolute Gasteiger partial charge is 0.169 e. The van der Waals surface area contributed by atoms with Crippen LogP contribution >= 0.6 is 12.2 Å². The standard InChI is InChI=1S/C12H26N2OS/c1-5-7-9-14(11(3)6-2)12(16)13-8-10-15-4/h11H,5-10H2,1-4H3,(H,13,16). The molecule has 0 radical (unpaired) electrons. The third-order valence-corrected chi connectivity index (χ3v) is 3.10. The summed E-state index contributed by atoms with van der Waals surface area (Å²) < 4.78 is 5.00. The first kappa shape index (κ1) is 15.7. The highest BCUT2D eigenvalue weighted by molar-refractivity contribution is 7.80. The summed E-state index contributed by atoms with van der Waals surface area (Å²) >= 11 is 5.40. The molecule has 0 bridgehead atoms. The van der Waals surface area contributed by atoms with E-state index in [4.69, 9.17) is 17.0 Å². The average molecular weight is 246 g/mol. The van der Waals surface area contributed by atoms with Crippen LogP contribution in [0.4, 0.5) is 0 Å². The molecule has 1 N–H and O–H groups in total. The second-order valence-corrected chi connectivity index (χ2v) is 4.42. The SMILES string of the molecule is CCCCN(C(=S)NCCOC)C(C)CC. The number of rotatable bonds is 8. The Kier molecular flexibility index (Phi) is 9.63. The van der Waals surface area contributed by atoms with Gasteiger partial charge in [0.2, 0.25) is 0 Å². The average Bonchev–Trinajstić information content (AvgIpc) is 2.29. The zero-order valence-electron chi connectivity index (χ0n) is 11.1. The molecule has 0 rings (SSSR count). The lowest BCUT2D eigenvalue weighted by atomic mass is 10.2. The molecule has 0 aliphatic heterocycles. The summed E-state index contributed by atoms with van der Waals surface area (Å²) in [7, 11) is 1.70. The maximum absolute atomic E-state index is 5.40. The van der Waals surface area contributed by atoms with Gasteiger partial charge in [0.1, 0.15) is 0 Å². The van der Waals surface area contributed by atoms with Gasteiger partial charge in [-0.1, -0.05) is 20.3 Å². The third kappa shape index (κ3) is 6.28. The summed E-state index contributed by atoms with van der Waals surface area (Å²) in [4.78, 5) is 2.29. The Labute approximate surface area is 106 Å². The molecule has 3 nitrogen and oxygen atoms in total. The van der Waals surface area contributed by atoms with Crippen LogP contribution in [0, 0.1) is 0 Å². The van der Waals surface area contributed by atoms with Gasteiger partial charge >= 0.3 is 0 Å². The van der Waals surface area contributed by atoms with Gasteiger partial charge in [0.05, 0.1) is 6.61 Å². The number of thiocarbonyl (C=S) groups is 1.